The maximum Gasteiger partial charge on any atom is 0.407 e. The summed E-state index contributed by atoms with van der Waals surface area (Å²) in [6.45, 7) is 0.550. The van der Waals surface area contributed by atoms with E-state index >= 15 is 0 Å². The van der Waals surface area contributed by atoms with Crippen LogP contribution in [0.25, 0.3) is 33.6 Å². The van der Waals surface area contributed by atoms with Crippen LogP contribution < -0.4 is 10.6 Å². The molecule has 1 aliphatic carbocycles. The number of imidazole rings is 2. The third kappa shape index (κ3) is 8.80. The van der Waals surface area contributed by atoms with Crippen LogP contribution in [0.15, 0.2) is 110 Å². The Morgan fingerprint density at radius 1 is 0.672 bits per heavy atom. The molecule has 6 aromatic rings. The Kier molecular flexibility index (Phi) is 12.2. The summed E-state index contributed by atoms with van der Waals surface area (Å²) in [6.07, 6.45) is 14.0. The van der Waals surface area contributed by atoms with Crippen LogP contribution in [0.5, 0.6) is 0 Å². The van der Waals surface area contributed by atoms with Crippen molar-refractivity contribution in [1.29, 1.82) is 0 Å². The number of piperidine rings is 1. The second-order valence-corrected chi connectivity index (χ2v) is 16.6. The molecule has 16 nitrogen and oxygen atoms in total. The Hall–Kier alpha value is -7.36. The van der Waals surface area contributed by atoms with Crippen LogP contribution in [0.2, 0.25) is 0 Å². The number of alkyl carbamates (subject to hydrolysis) is 2. The van der Waals surface area contributed by atoms with Crippen molar-refractivity contribution < 1.29 is 28.7 Å². The molecule has 0 unspecified atom stereocenters. The van der Waals surface area contributed by atoms with E-state index in [0.29, 0.717) is 18.8 Å². The number of rotatable bonds is 13. The lowest BCUT2D eigenvalue weighted by atomic mass is 9.96. The van der Waals surface area contributed by atoms with Gasteiger partial charge < -0.3 is 39.9 Å². The summed E-state index contributed by atoms with van der Waals surface area (Å²) in [5.74, 6) is 1.35. The molecular weight excluding hydrogens is 813 g/mol. The molecule has 0 radical (unpaired) electrons. The lowest BCUT2D eigenvalue weighted by Crippen LogP contribution is -2.52. The lowest BCUT2D eigenvalue weighted by Gasteiger charge is -2.36. The molecule has 328 valence electrons. The molecule has 3 fully saturated rings. The van der Waals surface area contributed by atoms with Gasteiger partial charge in [0, 0.05) is 50.2 Å². The minimum atomic E-state index is -0.818. The highest BCUT2D eigenvalue weighted by Crippen LogP contribution is 2.50. The van der Waals surface area contributed by atoms with Gasteiger partial charge in [0.25, 0.3) is 0 Å². The predicted molar refractivity (Wildman–Crippen MR) is 236 cm³/mol. The fourth-order valence-corrected chi connectivity index (χ4v) is 9.63. The van der Waals surface area contributed by atoms with Crippen LogP contribution in [-0.4, -0.2) is 103 Å². The van der Waals surface area contributed by atoms with Gasteiger partial charge in [-0.25, -0.2) is 19.6 Å². The van der Waals surface area contributed by atoms with Gasteiger partial charge >= 0.3 is 12.2 Å². The molecule has 2 bridgehead atoms. The lowest BCUT2D eigenvalue weighted by molar-refractivity contribution is -0.138. The van der Waals surface area contributed by atoms with Crippen molar-refractivity contribution in [3.05, 3.63) is 133 Å². The standard InChI is InChI=1S/C48H50N10O6/c1-63-47(61)55-37(22-29-6-3-19-49-25-29)45(59)57-21-5-8-41(57)43-51-27-39(53-43)33-13-9-31(10-14-33)32-11-15-34(16-12-32)40-28-52-44(54-40)42-35-17-18-36(24-35)58(42)46(60)38(56-48(62)64-2)23-30-7-4-20-50-26-30/h3-4,6-7,9-16,19-20,25-28,35-38,41-42H,5,8,17-18,21-24H2,1-2H3,(H,51,53)(H,52,54)(H,55,61)(H,56,62)/t35-,36-,37-,38+,41-,42+/m0/s1. The molecule has 3 aliphatic rings. The van der Waals surface area contributed by atoms with E-state index in [4.69, 9.17) is 19.4 Å². The molecule has 4 aromatic heterocycles. The van der Waals surface area contributed by atoms with Crippen LogP contribution in [0.3, 0.4) is 0 Å². The number of aromatic nitrogens is 6. The van der Waals surface area contributed by atoms with Gasteiger partial charge in [-0.05, 0) is 83.5 Å². The van der Waals surface area contributed by atoms with Gasteiger partial charge in [-0.15, -0.1) is 0 Å². The van der Waals surface area contributed by atoms with E-state index in [0.717, 1.165) is 82.7 Å². The SMILES string of the molecule is COC(=O)N[C@@H](Cc1cccnc1)C(=O)N1CCC[C@H]1c1ncc(-c2ccc(-c3ccc(-c4cnc([C@H]5[C@H]6CC[C@@H](C6)N5C(=O)[C@@H](Cc5cccnc5)NC(=O)OC)[nH]4)cc3)cc2)[nH]1. The van der Waals surface area contributed by atoms with Gasteiger partial charge in [0.05, 0.1) is 50.1 Å². The zero-order valence-corrected chi connectivity index (χ0v) is 35.6. The van der Waals surface area contributed by atoms with Crippen LogP contribution >= 0.6 is 0 Å². The number of benzene rings is 2. The van der Waals surface area contributed by atoms with Crippen LogP contribution in [-0.2, 0) is 31.9 Å². The fraction of sp³-hybridized carbons (Fsp3) is 0.333. The maximum absolute atomic E-state index is 14.3. The maximum atomic E-state index is 14.3. The quantitative estimate of drug-likeness (QED) is 0.0984. The normalized spacial score (nSPS) is 19.8. The van der Waals surface area contributed by atoms with E-state index in [1.807, 2.05) is 41.4 Å². The summed E-state index contributed by atoms with van der Waals surface area (Å²) >= 11 is 0. The van der Waals surface area contributed by atoms with Gasteiger partial charge in [-0.2, -0.15) is 0 Å². The van der Waals surface area contributed by atoms with Gasteiger partial charge in [0.1, 0.15) is 23.7 Å². The molecule has 2 aromatic carbocycles. The average molecular weight is 863 g/mol. The number of likely N-dealkylation sites (tertiary alicyclic amines) is 2. The number of amides is 4. The van der Waals surface area contributed by atoms with Crippen molar-refractivity contribution in [2.24, 2.45) is 5.92 Å². The molecule has 2 aliphatic heterocycles. The highest BCUT2D eigenvalue weighted by Gasteiger charge is 2.51. The molecule has 4 N–H and O–H groups in total. The number of hydrogen-bond acceptors (Lipinski definition) is 10. The van der Waals surface area contributed by atoms with Gasteiger partial charge in [0.15, 0.2) is 0 Å². The Labute approximate surface area is 370 Å². The molecule has 0 spiro atoms. The zero-order valence-electron chi connectivity index (χ0n) is 35.6. The van der Waals surface area contributed by atoms with E-state index in [2.05, 4.69) is 67.0 Å². The number of nitrogens with one attached hydrogen (secondary N) is 4. The summed E-state index contributed by atoms with van der Waals surface area (Å²) in [5, 5.41) is 5.49. The minimum Gasteiger partial charge on any atom is -0.453 e. The Morgan fingerprint density at radius 3 is 1.75 bits per heavy atom. The van der Waals surface area contributed by atoms with E-state index in [9.17, 15) is 19.2 Å². The number of aromatic amines is 2. The Bertz CT molecular complexity index is 2580. The van der Waals surface area contributed by atoms with Crippen LogP contribution in [0.4, 0.5) is 9.59 Å². The van der Waals surface area contributed by atoms with Gasteiger partial charge in [-0.1, -0.05) is 60.7 Å². The molecule has 6 heterocycles. The Balaban J connectivity index is 0.863. The van der Waals surface area contributed by atoms with Crippen molar-refractivity contribution in [3.8, 4) is 33.6 Å². The first-order valence-electron chi connectivity index (χ1n) is 21.7. The molecular formula is C48H50N10O6. The molecule has 9 rings (SSSR count). The largest absolute Gasteiger partial charge is 0.453 e. The first kappa shape index (κ1) is 42.0. The summed E-state index contributed by atoms with van der Waals surface area (Å²) in [7, 11) is 2.57. The third-order valence-corrected chi connectivity index (χ3v) is 12.8. The van der Waals surface area contributed by atoms with Crippen molar-refractivity contribution in [2.75, 3.05) is 20.8 Å². The monoisotopic (exact) mass is 862 g/mol. The summed E-state index contributed by atoms with van der Waals surface area (Å²) in [5.41, 5.74) is 7.38. The van der Waals surface area contributed by atoms with Crippen molar-refractivity contribution >= 4 is 24.0 Å². The summed E-state index contributed by atoms with van der Waals surface area (Å²) in [4.78, 5) is 81.4. The Morgan fingerprint density at radius 2 is 1.20 bits per heavy atom. The number of hydrogen-bond donors (Lipinski definition) is 4. The molecule has 64 heavy (non-hydrogen) atoms. The number of ether oxygens (including phenoxy) is 2. The van der Waals surface area contributed by atoms with Crippen molar-refractivity contribution in [2.45, 2.75) is 75.2 Å². The second-order valence-electron chi connectivity index (χ2n) is 16.6. The molecule has 2 saturated heterocycles. The van der Waals surface area contributed by atoms with Gasteiger partial charge in [-0.3, -0.25) is 19.6 Å². The van der Waals surface area contributed by atoms with Crippen molar-refractivity contribution in [1.82, 2.24) is 50.3 Å². The number of fused-ring (bicyclic) bond motifs is 2. The van der Waals surface area contributed by atoms with E-state index in [1.54, 1.807) is 42.0 Å². The highest BCUT2D eigenvalue weighted by molar-refractivity contribution is 5.87. The first-order valence-corrected chi connectivity index (χ1v) is 21.7. The topological polar surface area (TPSA) is 200 Å². The van der Waals surface area contributed by atoms with Gasteiger partial charge in [0.2, 0.25) is 11.8 Å². The highest BCUT2D eigenvalue weighted by atomic mass is 16.5. The van der Waals surface area contributed by atoms with E-state index in [1.165, 1.54) is 14.2 Å². The summed E-state index contributed by atoms with van der Waals surface area (Å²) < 4.78 is 9.73. The predicted octanol–water partition coefficient (Wildman–Crippen LogP) is 6.57. The smallest absolute Gasteiger partial charge is 0.407 e. The number of carbonyl (C=O) groups is 4. The number of carbonyl (C=O) groups excluding carboxylic acids is 4. The fourth-order valence-electron chi connectivity index (χ4n) is 9.63. The molecule has 16 heteroatoms. The average Bonchev–Trinajstić information content (AvgIpc) is 4.21. The number of nitrogens with zero attached hydrogens (tertiary/aromatic N) is 6. The number of H-pyrrole nitrogens is 2. The minimum absolute atomic E-state index is 0.0705. The first-order chi connectivity index (χ1) is 31.3. The molecule has 4 amide bonds. The van der Waals surface area contributed by atoms with Crippen LogP contribution in [0, 0.1) is 5.92 Å². The summed E-state index contributed by atoms with van der Waals surface area (Å²) in [6, 6.07) is 21.9. The van der Waals surface area contributed by atoms with Crippen LogP contribution in [0.1, 0.15) is 67.0 Å². The third-order valence-electron chi connectivity index (χ3n) is 12.8. The number of pyridine rings is 2. The number of methoxy groups -OCH3 is 2. The van der Waals surface area contributed by atoms with E-state index in [-0.39, 0.29) is 42.3 Å². The second kappa shape index (κ2) is 18.5. The van der Waals surface area contributed by atoms with Crippen molar-refractivity contribution in [3.63, 3.8) is 0 Å². The molecule has 1 saturated carbocycles. The van der Waals surface area contributed by atoms with E-state index < -0.39 is 24.3 Å². The zero-order chi connectivity index (χ0) is 44.2. The molecule has 6 atom stereocenters.